The standard InChI is InChI=1S/C16H28N2O4/c1-13(14(19)21-5)7-10-17-8-6-9-18(12-11-17)15(20)22-16(2,3)4/h7H,6,8-12H2,1-5H3. The highest BCUT2D eigenvalue weighted by atomic mass is 16.6. The topological polar surface area (TPSA) is 59.1 Å². The first-order valence-corrected chi connectivity index (χ1v) is 7.68. The molecule has 6 nitrogen and oxygen atoms in total. The Bertz CT molecular complexity index is 426. The number of amides is 1. The van der Waals surface area contributed by atoms with E-state index >= 15 is 0 Å². The van der Waals surface area contributed by atoms with Crippen LogP contribution in [-0.4, -0.2) is 67.3 Å². The van der Waals surface area contributed by atoms with Crippen molar-refractivity contribution in [1.29, 1.82) is 0 Å². The van der Waals surface area contributed by atoms with Gasteiger partial charge in [0.1, 0.15) is 5.60 Å². The molecule has 1 aliphatic heterocycles. The minimum Gasteiger partial charge on any atom is -0.466 e. The summed E-state index contributed by atoms with van der Waals surface area (Å²) in [5.74, 6) is -0.301. The number of nitrogens with zero attached hydrogens (tertiary/aromatic N) is 2. The molecule has 1 saturated heterocycles. The van der Waals surface area contributed by atoms with Gasteiger partial charge >= 0.3 is 12.1 Å². The predicted octanol–water partition coefficient (Wildman–Crippen LogP) is 2.05. The zero-order valence-electron chi connectivity index (χ0n) is 14.3. The second kappa shape index (κ2) is 8.17. The molecule has 0 saturated carbocycles. The van der Waals surface area contributed by atoms with Crippen LogP contribution in [-0.2, 0) is 14.3 Å². The predicted molar refractivity (Wildman–Crippen MR) is 84.6 cm³/mol. The maximum Gasteiger partial charge on any atom is 0.410 e. The fraction of sp³-hybridized carbons (Fsp3) is 0.750. The van der Waals surface area contributed by atoms with Crippen molar-refractivity contribution in [3.63, 3.8) is 0 Å². The first kappa shape index (κ1) is 18.5. The third-order valence-corrected chi connectivity index (χ3v) is 3.40. The molecule has 1 amide bonds. The van der Waals surface area contributed by atoms with Crippen LogP contribution >= 0.6 is 0 Å². The van der Waals surface area contributed by atoms with Crippen LogP contribution in [0.5, 0.6) is 0 Å². The average molecular weight is 312 g/mol. The van der Waals surface area contributed by atoms with Crippen molar-refractivity contribution in [2.45, 2.75) is 39.7 Å². The van der Waals surface area contributed by atoms with Gasteiger partial charge in [-0.15, -0.1) is 0 Å². The van der Waals surface area contributed by atoms with Gasteiger partial charge in [-0.05, 0) is 34.1 Å². The Labute approximate surface area is 133 Å². The van der Waals surface area contributed by atoms with Gasteiger partial charge in [-0.3, -0.25) is 4.90 Å². The van der Waals surface area contributed by atoms with Gasteiger partial charge in [-0.2, -0.15) is 0 Å². The first-order valence-electron chi connectivity index (χ1n) is 7.68. The summed E-state index contributed by atoms with van der Waals surface area (Å²) in [6.45, 7) is 11.0. The number of ether oxygens (including phenoxy) is 2. The molecule has 0 bridgehead atoms. The van der Waals surface area contributed by atoms with Crippen LogP contribution in [0.15, 0.2) is 11.6 Å². The van der Waals surface area contributed by atoms with Gasteiger partial charge < -0.3 is 14.4 Å². The molecule has 1 rings (SSSR count). The molecule has 0 spiro atoms. The molecule has 0 N–H and O–H groups in total. The minimum absolute atomic E-state index is 0.254. The minimum atomic E-state index is -0.469. The number of carbonyl (C=O) groups excluding carboxylic acids is 2. The summed E-state index contributed by atoms with van der Waals surface area (Å²) in [7, 11) is 1.38. The highest BCUT2D eigenvalue weighted by molar-refractivity contribution is 5.87. The quantitative estimate of drug-likeness (QED) is 0.589. The Morgan fingerprint density at radius 3 is 2.41 bits per heavy atom. The lowest BCUT2D eigenvalue weighted by molar-refractivity contribution is -0.136. The molecule has 1 heterocycles. The Hall–Kier alpha value is -1.56. The normalized spacial score (nSPS) is 17.9. The summed E-state index contributed by atoms with van der Waals surface area (Å²) in [6, 6.07) is 0. The Kier molecular flexibility index (Phi) is 6.87. The summed E-state index contributed by atoms with van der Waals surface area (Å²) in [5.41, 5.74) is 0.138. The zero-order valence-corrected chi connectivity index (χ0v) is 14.3. The maximum atomic E-state index is 12.1. The van der Waals surface area contributed by atoms with Gasteiger partial charge in [0.25, 0.3) is 0 Å². The highest BCUT2D eigenvalue weighted by Crippen LogP contribution is 2.12. The lowest BCUT2D eigenvalue weighted by atomic mass is 10.2. The van der Waals surface area contributed by atoms with Gasteiger partial charge in [0, 0.05) is 38.3 Å². The third kappa shape index (κ3) is 6.47. The van der Waals surface area contributed by atoms with Gasteiger partial charge in [0.2, 0.25) is 0 Å². The summed E-state index contributed by atoms with van der Waals surface area (Å²) in [5, 5.41) is 0. The molecule has 0 aromatic heterocycles. The van der Waals surface area contributed by atoms with Gasteiger partial charge in [-0.1, -0.05) is 6.08 Å². The van der Waals surface area contributed by atoms with E-state index in [9.17, 15) is 9.59 Å². The van der Waals surface area contributed by atoms with E-state index in [0.29, 0.717) is 25.2 Å². The van der Waals surface area contributed by atoms with Crippen LogP contribution in [0, 0.1) is 0 Å². The molecule has 0 unspecified atom stereocenters. The van der Waals surface area contributed by atoms with E-state index < -0.39 is 5.60 Å². The molecular formula is C16H28N2O4. The van der Waals surface area contributed by atoms with E-state index in [0.717, 1.165) is 19.5 Å². The average Bonchev–Trinajstić information content (AvgIpc) is 2.67. The molecule has 126 valence electrons. The van der Waals surface area contributed by atoms with Crippen molar-refractivity contribution in [3.05, 3.63) is 11.6 Å². The number of hydrogen-bond donors (Lipinski definition) is 0. The lowest BCUT2D eigenvalue weighted by Crippen LogP contribution is -2.39. The molecular weight excluding hydrogens is 284 g/mol. The zero-order chi connectivity index (χ0) is 16.8. The van der Waals surface area contributed by atoms with E-state index in [-0.39, 0.29) is 12.1 Å². The van der Waals surface area contributed by atoms with Crippen molar-refractivity contribution >= 4 is 12.1 Å². The largest absolute Gasteiger partial charge is 0.466 e. The fourth-order valence-corrected chi connectivity index (χ4v) is 2.17. The molecule has 0 atom stereocenters. The Morgan fingerprint density at radius 2 is 1.82 bits per heavy atom. The molecule has 22 heavy (non-hydrogen) atoms. The monoisotopic (exact) mass is 312 g/mol. The SMILES string of the molecule is COC(=O)C(C)=CCN1CCCN(C(=O)OC(C)(C)C)CC1. The van der Waals surface area contributed by atoms with Crippen molar-refractivity contribution < 1.29 is 19.1 Å². The van der Waals surface area contributed by atoms with Crippen LogP contribution in [0.25, 0.3) is 0 Å². The van der Waals surface area contributed by atoms with Crippen molar-refractivity contribution in [2.24, 2.45) is 0 Å². The molecule has 0 radical (unpaired) electrons. The summed E-state index contributed by atoms with van der Waals surface area (Å²) in [4.78, 5) is 27.4. The molecule has 6 heteroatoms. The third-order valence-electron chi connectivity index (χ3n) is 3.40. The van der Waals surface area contributed by atoms with Crippen LogP contribution < -0.4 is 0 Å². The number of methoxy groups -OCH3 is 1. The van der Waals surface area contributed by atoms with Gasteiger partial charge in [-0.25, -0.2) is 9.59 Å². The van der Waals surface area contributed by atoms with Crippen LogP contribution in [0.1, 0.15) is 34.1 Å². The van der Waals surface area contributed by atoms with Crippen LogP contribution in [0.4, 0.5) is 4.79 Å². The van der Waals surface area contributed by atoms with Gasteiger partial charge in [0.15, 0.2) is 0 Å². The molecule has 1 fully saturated rings. The molecule has 0 aromatic rings. The van der Waals surface area contributed by atoms with E-state index in [1.807, 2.05) is 26.8 Å². The maximum absolute atomic E-state index is 12.1. The Balaban J connectivity index is 2.49. The number of rotatable bonds is 3. The van der Waals surface area contributed by atoms with Gasteiger partial charge in [0.05, 0.1) is 7.11 Å². The number of hydrogen-bond acceptors (Lipinski definition) is 5. The van der Waals surface area contributed by atoms with E-state index in [4.69, 9.17) is 4.74 Å². The van der Waals surface area contributed by atoms with Crippen LogP contribution in [0.2, 0.25) is 0 Å². The molecule has 1 aliphatic rings. The fourth-order valence-electron chi connectivity index (χ4n) is 2.17. The number of carbonyl (C=O) groups is 2. The van der Waals surface area contributed by atoms with E-state index in [2.05, 4.69) is 9.64 Å². The Morgan fingerprint density at radius 1 is 1.14 bits per heavy atom. The smallest absolute Gasteiger partial charge is 0.410 e. The first-order chi connectivity index (χ1) is 10.2. The van der Waals surface area contributed by atoms with E-state index in [1.54, 1.807) is 11.8 Å². The van der Waals surface area contributed by atoms with Crippen molar-refractivity contribution in [1.82, 2.24) is 9.80 Å². The molecule has 0 aliphatic carbocycles. The lowest BCUT2D eigenvalue weighted by Gasteiger charge is -2.26. The van der Waals surface area contributed by atoms with Crippen LogP contribution in [0.3, 0.4) is 0 Å². The highest BCUT2D eigenvalue weighted by Gasteiger charge is 2.24. The van der Waals surface area contributed by atoms with E-state index in [1.165, 1.54) is 7.11 Å². The van der Waals surface area contributed by atoms with Crippen molar-refractivity contribution in [2.75, 3.05) is 39.8 Å². The summed E-state index contributed by atoms with van der Waals surface area (Å²) < 4.78 is 10.1. The number of esters is 1. The second-order valence-electron chi connectivity index (χ2n) is 6.50. The summed E-state index contributed by atoms with van der Waals surface area (Å²) in [6.07, 6.45) is 2.51. The van der Waals surface area contributed by atoms with Crippen molar-refractivity contribution in [3.8, 4) is 0 Å². The summed E-state index contributed by atoms with van der Waals surface area (Å²) >= 11 is 0. The second-order valence-corrected chi connectivity index (χ2v) is 6.50. The molecule has 0 aromatic carbocycles.